The highest BCUT2D eigenvalue weighted by atomic mass is 16.6. The van der Waals surface area contributed by atoms with Crippen molar-refractivity contribution in [2.75, 3.05) is 19.7 Å². The number of aromatic amines is 1. The van der Waals surface area contributed by atoms with Crippen LogP contribution >= 0.6 is 0 Å². The van der Waals surface area contributed by atoms with Gasteiger partial charge in [0.1, 0.15) is 12.6 Å². The number of H-pyrrole nitrogens is 1. The molecule has 1 aromatic heterocycles. The number of para-hydroxylation sites is 3. The molecule has 2 atom stereocenters. The predicted octanol–water partition coefficient (Wildman–Crippen LogP) is 2.90. The van der Waals surface area contributed by atoms with Gasteiger partial charge in [0.2, 0.25) is 11.8 Å². The first-order valence-electron chi connectivity index (χ1n) is 10.5. The van der Waals surface area contributed by atoms with E-state index in [0.29, 0.717) is 37.6 Å². The number of benzene rings is 2. The summed E-state index contributed by atoms with van der Waals surface area (Å²) in [6.07, 6.45) is 2.03. The summed E-state index contributed by atoms with van der Waals surface area (Å²) in [5, 5.41) is 3.88. The lowest BCUT2D eigenvalue weighted by molar-refractivity contribution is -0.137. The van der Waals surface area contributed by atoms with Crippen LogP contribution in [0.3, 0.4) is 0 Å². The van der Waals surface area contributed by atoms with E-state index in [1.807, 2.05) is 61.7 Å². The van der Waals surface area contributed by atoms with Crippen LogP contribution in [0.2, 0.25) is 0 Å². The number of aromatic nitrogens is 1. The van der Waals surface area contributed by atoms with E-state index in [1.54, 1.807) is 4.90 Å². The Bertz CT molecular complexity index is 1080. The molecule has 4 rings (SSSR count). The Balaban J connectivity index is 1.49. The summed E-state index contributed by atoms with van der Waals surface area (Å²) in [6.45, 7) is 4.61. The van der Waals surface area contributed by atoms with Crippen molar-refractivity contribution >= 4 is 22.7 Å². The van der Waals surface area contributed by atoms with Gasteiger partial charge in [-0.25, -0.2) is 0 Å². The maximum atomic E-state index is 13.4. The van der Waals surface area contributed by atoms with E-state index in [2.05, 4.69) is 10.3 Å². The Hall–Kier alpha value is -3.48. The minimum absolute atomic E-state index is 0.134. The van der Waals surface area contributed by atoms with Gasteiger partial charge >= 0.3 is 0 Å². The normalized spacial score (nSPS) is 16.0. The fourth-order valence-electron chi connectivity index (χ4n) is 3.96. The molecular formula is C24H27N3O4. The molecule has 0 bridgehead atoms. The van der Waals surface area contributed by atoms with Gasteiger partial charge in [-0.15, -0.1) is 0 Å². The number of likely N-dealkylation sites (N-methyl/N-ethyl adjacent to an activating group) is 1. The van der Waals surface area contributed by atoms with Crippen LogP contribution in [0.5, 0.6) is 11.5 Å². The number of hydrogen-bond acceptors (Lipinski definition) is 4. The number of amides is 2. The second kappa shape index (κ2) is 9.12. The molecule has 2 amide bonds. The Morgan fingerprint density at radius 3 is 2.68 bits per heavy atom. The van der Waals surface area contributed by atoms with Crippen LogP contribution < -0.4 is 14.8 Å². The van der Waals surface area contributed by atoms with Crippen LogP contribution in [-0.4, -0.2) is 53.5 Å². The molecule has 7 heteroatoms. The molecule has 0 saturated carbocycles. The number of nitrogens with zero attached hydrogens (tertiary/aromatic N) is 1. The molecule has 0 fully saturated rings. The van der Waals surface area contributed by atoms with Gasteiger partial charge in [0, 0.05) is 37.0 Å². The fraction of sp³-hybridized carbons (Fsp3) is 0.333. The number of ether oxygens (including phenoxy) is 2. The van der Waals surface area contributed by atoms with E-state index >= 15 is 0 Å². The van der Waals surface area contributed by atoms with Gasteiger partial charge in [-0.1, -0.05) is 30.3 Å². The Morgan fingerprint density at radius 1 is 1.16 bits per heavy atom. The van der Waals surface area contributed by atoms with Crippen molar-refractivity contribution in [3.8, 4) is 11.5 Å². The number of fused-ring (bicyclic) bond motifs is 2. The molecule has 2 heterocycles. The fourth-order valence-corrected chi connectivity index (χ4v) is 3.96. The Labute approximate surface area is 181 Å². The van der Waals surface area contributed by atoms with Gasteiger partial charge in [-0.05, 0) is 30.7 Å². The third-order valence-corrected chi connectivity index (χ3v) is 5.46. The van der Waals surface area contributed by atoms with Gasteiger partial charge in [0.05, 0.1) is 6.54 Å². The summed E-state index contributed by atoms with van der Waals surface area (Å²) in [4.78, 5) is 30.2. The van der Waals surface area contributed by atoms with Gasteiger partial charge in [0.15, 0.2) is 17.6 Å². The molecule has 0 spiro atoms. The summed E-state index contributed by atoms with van der Waals surface area (Å²) in [5.41, 5.74) is 2.00. The van der Waals surface area contributed by atoms with Crippen LogP contribution in [0.25, 0.3) is 10.9 Å². The summed E-state index contributed by atoms with van der Waals surface area (Å²) >= 11 is 0. The topological polar surface area (TPSA) is 83.7 Å². The lowest BCUT2D eigenvalue weighted by atomic mass is 10.0. The molecule has 162 valence electrons. The molecule has 7 nitrogen and oxygen atoms in total. The van der Waals surface area contributed by atoms with E-state index < -0.39 is 6.04 Å². The van der Waals surface area contributed by atoms with Gasteiger partial charge < -0.3 is 24.7 Å². The quantitative estimate of drug-likeness (QED) is 0.615. The second-order valence-corrected chi connectivity index (χ2v) is 7.69. The highest BCUT2D eigenvalue weighted by molar-refractivity contribution is 5.89. The zero-order valence-electron chi connectivity index (χ0n) is 17.8. The molecule has 0 radical (unpaired) electrons. The molecule has 3 aromatic rings. The molecule has 1 aliphatic heterocycles. The van der Waals surface area contributed by atoms with Gasteiger partial charge in [-0.2, -0.15) is 0 Å². The largest absolute Gasteiger partial charge is 0.486 e. The SMILES string of the molecule is CCN(CC1COc2ccccc2O1)C(=O)C(Cc1c[nH]c2ccccc12)NC(C)=O. The van der Waals surface area contributed by atoms with Crippen molar-refractivity contribution in [3.63, 3.8) is 0 Å². The van der Waals surface area contributed by atoms with Crippen molar-refractivity contribution < 1.29 is 19.1 Å². The van der Waals surface area contributed by atoms with Crippen LogP contribution in [0.15, 0.2) is 54.7 Å². The van der Waals surface area contributed by atoms with Crippen molar-refractivity contribution in [2.24, 2.45) is 0 Å². The lowest BCUT2D eigenvalue weighted by Gasteiger charge is -2.32. The van der Waals surface area contributed by atoms with Gasteiger partial charge in [-0.3, -0.25) is 9.59 Å². The number of hydrogen-bond donors (Lipinski definition) is 2. The maximum absolute atomic E-state index is 13.4. The molecular weight excluding hydrogens is 394 g/mol. The first-order chi connectivity index (χ1) is 15.0. The van der Waals surface area contributed by atoms with Crippen molar-refractivity contribution in [1.82, 2.24) is 15.2 Å². The van der Waals surface area contributed by atoms with Crippen molar-refractivity contribution in [3.05, 3.63) is 60.3 Å². The van der Waals surface area contributed by atoms with Gasteiger partial charge in [0.25, 0.3) is 0 Å². The smallest absolute Gasteiger partial charge is 0.245 e. The molecule has 31 heavy (non-hydrogen) atoms. The van der Waals surface area contributed by atoms with Crippen molar-refractivity contribution in [1.29, 1.82) is 0 Å². The Morgan fingerprint density at radius 2 is 1.90 bits per heavy atom. The highest BCUT2D eigenvalue weighted by Crippen LogP contribution is 2.31. The first-order valence-corrected chi connectivity index (χ1v) is 10.5. The molecule has 2 N–H and O–H groups in total. The maximum Gasteiger partial charge on any atom is 0.245 e. The second-order valence-electron chi connectivity index (χ2n) is 7.69. The minimum atomic E-state index is -0.659. The van der Waals surface area contributed by atoms with E-state index in [9.17, 15) is 9.59 Å². The van der Waals surface area contributed by atoms with Crippen LogP contribution in [0.1, 0.15) is 19.4 Å². The standard InChI is InChI=1S/C24H27N3O4/c1-3-27(14-18-15-30-22-10-6-7-11-23(22)31-18)24(29)21(26-16(2)28)12-17-13-25-20-9-5-4-8-19(17)20/h4-11,13,18,21,25H,3,12,14-15H2,1-2H3,(H,26,28). The number of carbonyl (C=O) groups is 2. The monoisotopic (exact) mass is 421 g/mol. The van der Waals surface area contributed by atoms with Crippen molar-refractivity contribution in [2.45, 2.75) is 32.4 Å². The molecule has 0 saturated heterocycles. The zero-order valence-corrected chi connectivity index (χ0v) is 17.8. The molecule has 0 aliphatic carbocycles. The van der Waals surface area contributed by atoms with Crippen LogP contribution in [0, 0.1) is 0 Å². The zero-order chi connectivity index (χ0) is 21.8. The van der Waals surface area contributed by atoms with E-state index in [4.69, 9.17) is 9.47 Å². The number of carbonyl (C=O) groups excluding carboxylic acids is 2. The highest BCUT2D eigenvalue weighted by Gasteiger charge is 2.29. The summed E-state index contributed by atoms with van der Waals surface area (Å²) in [7, 11) is 0. The third-order valence-electron chi connectivity index (χ3n) is 5.46. The van der Waals surface area contributed by atoms with E-state index in [0.717, 1.165) is 16.5 Å². The average Bonchev–Trinajstić information content (AvgIpc) is 3.19. The minimum Gasteiger partial charge on any atom is -0.486 e. The molecule has 2 unspecified atom stereocenters. The van der Waals surface area contributed by atoms with Crippen LogP contribution in [-0.2, 0) is 16.0 Å². The number of nitrogens with one attached hydrogen (secondary N) is 2. The number of rotatable bonds is 7. The van der Waals surface area contributed by atoms with E-state index in [1.165, 1.54) is 6.92 Å². The summed E-state index contributed by atoms with van der Waals surface area (Å²) in [6, 6.07) is 14.8. The third kappa shape index (κ3) is 4.66. The molecule has 1 aliphatic rings. The molecule has 2 aromatic carbocycles. The summed E-state index contributed by atoms with van der Waals surface area (Å²) in [5.74, 6) is 1.02. The summed E-state index contributed by atoms with van der Waals surface area (Å²) < 4.78 is 11.8. The Kier molecular flexibility index (Phi) is 6.11. The van der Waals surface area contributed by atoms with E-state index in [-0.39, 0.29) is 17.9 Å². The first kappa shape index (κ1) is 20.8. The predicted molar refractivity (Wildman–Crippen MR) is 118 cm³/mol. The van der Waals surface area contributed by atoms with Crippen LogP contribution in [0.4, 0.5) is 0 Å². The average molecular weight is 421 g/mol. The lowest BCUT2D eigenvalue weighted by Crippen LogP contribution is -2.52.